The van der Waals surface area contributed by atoms with Crippen LogP contribution in [0.4, 0.5) is 0 Å². The highest BCUT2D eigenvalue weighted by Crippen LogP contribution is 2.40. The normalized spacial score (nSPS) is 18.8. The van der Waals surface area contributed by atoms with Gasteiger partial charge in [0, 0.05) is 6.08 Å². The van der Waals surface area contributed by atoms with Crippen molar-refractivity contribution in [2.75, 3.05) is 6.61 Å². The van der Waals surface area contributed by atoms with Crippen LogP contribution in [-0.2, 0) is 9.53 Å². The van der Waals surface area contributed by atoms with Crippen LogP contribution in [-0.4, -0.2) is 12.6 Å². The molecule has 1 saturated carbocycles. The number of ether oxygens (including phenoxy) is 1. The van der Waals surface area contributed by atoms with E-state index in [2.05, 4.69) is 24.3 Å². The minimum Gasteiger partial charge on any atom is -0.463 e. The van der Waals surface area contributed by atoms with Gasteiger partial charge in [-0.2, -0.15) is 0 Å². The van der Waals surface area contributed by atoms with E-state index in [4.69, 9.17) is 4.74 Å². The summed E-state index contributed by atoms with van der Waals surface area (Å²) < 4.78 is 4.87. The summed E-state index contributed by atoms with van der Waals surface area (Å²) >= 11 is 0. The van der Waals surface area contributed by atoms with Crippen molar-refractivity contribution in [1.29, 1.82) is 0 Å². The minimum absolute atomic E-state index is 0.205. The molecule has 1 aromatic carbocycles. The fraction of sp³-hybridized carbons (Fsp3) is 0.357. The van der Waals surface area contributed by atoms with Crippen molar-refractivity contribution in [3.63, 3.8) is 0 Å². The van der Waals surface area contributed by atoms with E-state index >= 15 is 0 Å². The lowest BCUT2D eigenvalue weighted by atomic mass is 9.75. The average Bonchev–Trinajstić information content (AvgIpc) is 2.24. The molecule has 0 N–H and O–H groups in total. The molecule has 2 rings (SSSR count). The molecule has 0 atom stereocenters. The van der Waals surface area contributed by atoms with Crippen LogP contribution in [0.5, 0.6) is 0 Å². The Morgan fingerprint density at radius 1 is 1.38 bits per heavy atom. The van der Waals surface area contributed by atoms with E-state index in [1.165, 1.54) is 11.1 Å². The lowest BCUT2D eigenvalue weighted by molar-refractivity contribution is -0.137. The first kappa shape index (κ1) is 10.9. The van der Waals surface area contributed by atoms with Crippen molar-refractivity contribution in [1.82, 2.24) is 0 Å². The van der Waals surface area contributed by atoms with Gasteiger partial charge in [0.1, 0.15) is 0 Å². The topological polar surface area (TPSA) is 26.3 Å². The molecule has 0 amide bonds. The fourth-order valence-electron chi connectivity index (χ4n) is 2.00. The predicted octanol–water partition coefficient (Wildman–Crippen LogP) is 3.05. The molecule has 1 aliphatic carbocycles. The lowest BCUT2D eigenvalue weighted by Gasteiger charge is -2.29. The largest absolute Gasteiger partial charge is 0.463 e. The molecule has 0 bridgehead atoms. The molecule has 2 nitrogen and oxygen atoms in total. The Morgan fingerprint density at radius 3 is 2.69 bits per heavy atom. The zero-order valence-electron chi connectivity index (χ0n) is 9.48. The van der Waals surface area contributed by atoms with E-state index in [-0.39, 0.29) is 5.97 Å². The Hall–Kier alpha value is -1.57. The third kappa shape index (κ3) is 2.51. The number of benzene rings is 1. The summed E-state index contributed by atoms with van der Waals surface area (Å²) in [5.41, 5.74) is 2.57. The van der Waals surface area contributed by atoms with Gasteiger partial charge in [0.25, 0.3) is 0 Å². The summed E-state index contributed by atoms with van der Waals surface area (Å²) in [7, 11) is 0. The Labute approximate surface area is 95.9 Å². The number of esters is 1. The molecule has 0 saturated heterocycles. The van der Waals surface area contributed by atoms with Gasteiger partial charge in [-0.05, 0) is 31.2 Å². The van der Waals surface area contributed by atoms with Crippen LogP contribution >= 0.6 is 0 Å². The summed E-state index contributed by atoms with van der Waals surface area (Å²) in [6.07, 6.45) is 3.62. The lowest BCUT2D eigenvalue weighted by Crippen LogP contribution is -2.14. The highest BCUT2D eigenvalue weighted by atomic mass is 16.5. The Morgan fingerprint density at radius 2 is 2.06 bits per heavy atom. The molecule has 0 aliphatic heterocycles. The fourth-order valence-corrected chi connectivity index (χ4v) is 2.00. The molecule has 0 unspecified atom stereocenters. The van der Waals surface area contributed by atoms with Gasteiger partial charge in [-0.3, -0.25) is 0 Å². The quantitative estimate of drug-likeness (QED) is 0.573. The van der Waals surface area contributed by atoms with Crippen molar-refractivity contribution >= 4 is 5.97 Å². The van der Waals surface area contributed by atoms with Crippen molar-refractivity contribution < 1.29 is 9.53 Å². The molecule has 0 aromatic heterocycles. The Bertz CT molecular complexity index is 384. The van der Waals surface area contributed by atoms with Crippen LogP contribution < -0.4 is 0 Å². The SMILES string of the molecule is CCOC(=O)C=C1CC(c2ccccc2)C1. The zero-order valence-corrected chi connectivity index (χ0v) is 9.48. The first-order chi connectivity index (χ1) is 7.79. The van der Waals surface area contributed by atoms with Gasteiger partial charge in [-0.1, -0.05) is 35.9 Å². The molecule has 0 radical (unpaired) electrons. The van der Waals surface area contributed by atoms with Crippen LogP contribution in [0.3, 0.4) is 0 Å². The van der Waals surface area contributed by atoms with Gasteiger partial charge >= 0.3 is 5.97 Å². The summed E-state index contributed by atoms with van der Waals surface area (Å²) in [6, 6.07) is 10.4. The molecule has 1 fully saturated rings. The third-order valence-corrected chi connectivity index (χ3v) is 2.90. The smallest absolute Gasteiger partial charge is 0.330 e. The second kappa shape index (κ2) is 4.97. The standard InChI is InChI=1S/C14H16O2/c1-2-16-14(15)10-11-8-13(9-11)12-6-4-3-5-7-12/h3-7,10,13H,2,8-9H2,1H3. The summed E-state index contributed by atoms with van der Waals surface area (Å²) in [6.45, 7) is 2.27. The van der Waals surface area contributed by atoms with Crippen LogP contribution in [0.15, 0.2) is 42.0 Å². The molecule has 0 heterocycles. The van der Waals surface area contributed by atoms with Crippen LogP contribution in [0.25, 0.3) is 0 Å². The maximum absolute atomic E-state index is 11.2. The minimum atomic E-state index is -0.205. The average molecular weight is 216 g/mol. The van der Waals surface area contributed by atoms with Gasteiger partial charge in [-0.15, -0.1) is 0 Å². The second-order valence-corrected chi connectivity index (χ2v) is 4.07. The highest BCUT2D eigenvalue weighted by Gasteiger charge is 2.25. The van der Waals surface area contributed by atoms with E-state index in [1.807, 2.05) is 13.0 Å². The molecule has 84 valence electrons. The third-order valence-electron chi connectivity index (χ3n) is 2.90. The zero-order chi connectivity index (χ0) is 11.4. The van der Waals surface area contributed by atoms with Crippen LogP contribution in [0.1, 0.15) is 31.2 Å². The maximum atomic E-state index is 11.2. The van der Waals surface area contributed by atoms with E-state index < -0.39 is 0 Å². The van der Waals surface area contributed by atoms with Crippen molar-refractivity contribution in [3.8, 4) is 0 Å². The number of hydrogen-bond donors (Lipinski definition) is 0. The molecular formula is C14H16O2. The van der Waals surface area contributed by atoms with Crippen molar-refractivity contribution in [2.45, 2.75) is 25.7 Å². The molecule has 0 spiro atoms. The van der Waals surface area contributed by atoms with E-state index in [0.717, 1.165) is 12.8 Å². The molecule has 2 heteroatoms. The Kier molecular flexibility index (Phi) is 3.40. The number of carbonyl (C=O) groups excluding carboxylic acids is 1. The maximum Gasteiger partial charge on any atom is 0.330 e. The van der Waals surface area contributed by atoms with Crippen molar-refractivity contribution in [2.24, 2.45) is 0 Å². The first-order valence-corrected chi connectivity index (χ1v) is 5.70. The second-order valence-electron chi connectivity index (χ2n) is 4.07. The highest BCUT2D eigenvalue weighted by molar-refractivity contribution is 5.83. The van der Waals surface area contributed by atoms with E-state index in [0.29, 0.717) is 12.5 Å². The van der Waals surface area contributed by atoms with Gasteiger partial charge in [0.05, 0.1) is 6.61 Å². The number of carbonyl (C=O) groups is 1. The van der Waals surface area contributed by atoms with Crippen LogP contribution in [0, 0.1) is 0 Å². The summed E-state index contributed by atoms with van der Waals surface area (Å²) in [4.78, 5) is 11.2. The number of allylic oxidation sites excluding steroid dienone is 1. The summed E-state index contributed by atoms with van der Waals surface area (Å²) in [5.74, 6) is 0.380. The molecule has 16 heavy (non-hydrogen) atoms. The van der Waals surface area contributed by atoms with Gasteiger partial charge < -0.3 is 4.74 Å². The van der Waals surface area contributed by atoms with Gasteiger partial charge in [-0.25, -0.2) is 4.79 Å². The van der Waals surface area contributed by atoms with Crippen LogP contribution in [0.2, 0.25) is 0 Å². The van der Waals surface area contributed by atoms with E-state index in [1.54, 1.807) is 6.08 Å². The first-order valence-electron chi connectivity index (χ1n) is 5.70. The van der Waals surface area contributed by atoms with Gasteiger partial charge in [0.15, 0.2) is 0 Å². The summed E-state index contributed by atoms with van der Waals surface area (Å²) in [5, 5.41) is 0. The number of rotatable bonds is 3. The number of hydrogen-bond acceptors (Lipinski definition) is 2. The monoisotopic (exact) mass is 216 g/mol. The van der Waals surface area contributed by atoms with E-state index in [9.17, 15) is 4.79 Å². The molecular weight excluding hydrogens is 200 g/mol. The molecule has 1 aromatic rings. The van der Waals surface area contributed by atoms with Gasteiger partial charge in [0.2, 0.25) is 0 Å². The van der Waals surface area contributed by atoms with Crippen molar-refractivity contribution in [3.05, 3.63) is 47.5 Å². The Balaban J connectivity index is 1.88. The predicted molar refractivity (Wildman–Crippen MR) is 63.1 cm³/mol. The molecule has 1 aliphatic rings.